The van der Waals surface area contributed by atoms with Gasteiger partial charge in [0.05, 0.1) is 23.9 Å². The maximum absolute atomic E-state index is 12.8. The smallest absolute Gasteiger partial charge is 0.257 e. The molecule has 0 radical (unpaired) electrons. The molecule has 0 bridgehead atoms. The van der Waals surface area contributed by atoms with E-state index in [4.69, 9.17) is 4.74 Å². The topological polar surface area (TPSA) is 56.1 Å². The Hall–Kier alpha value is -3.60. The molecule has 4 aromatic rings. The van der Waals surface area contributed by atoms with Crippen molar-refractivity contribution >= 4 is 22.5 Å². The lowest BCUT2D eigenvalue weighted by molar-refractivity contribution is 0.102. The normalized spacial score (nSPS) is 10.7. The first-order valence-electron chi connectivity index (χ1n) is 8.64. The van der Waals surface area contributed by atoms with Crippen molar-refractivity contribution in [3.8, 4) is 11.4 Å². The van der Waals surface area contributed by atoms with E-state index in [1.165, 1.54) is 0 Å². The van der Waals surface area contributed by atoms with Gasteiger partial charge in [-0.1, -0.05) is 6.07 Å². The molecule has 0 fully saturated rings. The summed E-state index contributed by atoms with van der Waals surface area (Å²) in [5.41, 5.74) is 3.76. The van der Waals surface area contributed by atoms with Crippen LogP contribution in [0.4, 0.5) is 5.69 Å². The van der Waals surface area contributed by atoms with E-state index in [9.17, 15) is 4.79 Å². The fourth-order valence-corrected chi connectivity index (χ4v) is 3.05. The molecule has 1 amide bonds. The number of hydrogen-bond acceptors (Lipinski definition) is 3. The van der Waals surface area contributed by atoms with Gasteiger partial charge in [0.25, 0.3) is 5.91 Å². The Morgan fingerprint density at radius 1 is 1.04 bits per heavy atom. The Morgan fingerprint density at radius 2 is 1.85 bits per heavy atom. The van der Waals surface area contributed by atoms with Gasteiger partial charge >= 0.3 is 0 Å². The van der Waals surface area contributed by atoms with Crippen LogP contribution in [0.2, 0.25) is 0 Å². The number of carbonyl (C=O) groups is 1. The van der Waals surface area contributed by atoms with Gasteiger partial charge < -0.3 is 14.6 Å². The van der Waals surface area contributed by atoms with E-state index in [2.05, 4.69) is 10.3 Å². The fraction of sp³-hybridized carbons (Fsp3) is 0.0909. The molecule has 5 heteroatoms. The molecule has 0 saturated heterocycles. The number of fused-ring (bicyclic) bond motifs is 1. The van der Waals surface area contributed by atoms with Gasteiger partial charge in [0, 0.05) is 35.2 Å². The van der Waals surface area contributed by atoms with Crippen LogP contribution in [-0.2, 0) is 0 Å². The number of aromatic nitrogens is 2. The summed E-state index contributed by atoms with van der Waals surface area (Å²) in [5, 5.41) is 3.87. The van der Waals surface area contributed by atoms with E-state index in [1.807, 2.05) is 84.5 Å². The predicted molar refractivity (Wildman–Crippen MR) is 107 cm³/mol. The molecule has 2 aromatic heterocycles. The van der Waals surface area contributed by atoms with E-state index in [1.54, 1.807) is 7.11 Å². The Kier molecular flexibility index (Phi) is 4.34. The number of anilines is 1. The minimum absolute atomic E-state index is 0.178. The number of carbonyl (C=O) groups excluding carboxylic acids is 1. The van der Waals surface area contributed by atoms with Gasteiger partial charge in [0.1, 0.15) is 5.75 Å². The van der Waals surface area contributed by atoms with Gasteiger partial charge in [-0.2, -0.15) is 0 Å². The predicted octanol–water partition coefficient (Wildman–Crippen LogP) is 4.59. The fourth-order valence-electron chi connectivity index (χ4n) is 3.05. The molecule has 0 aliphatic heterocycles. The standard InChI is InChI=1S/C22H19N3O2/c1-15-20(12-16-8-9-19(27-2)14-21(16)23-15)22(26)24-17-6-5-7-18(13-17)25-10-3-4-11-25/h3-14H,1-2H3,(H,24,26). The van der Waals surface area contributed by atoms with Crippen molar-refractivity contribution in [2.24, 2.45) is 0 Å². The van der Waals surface area contributed by atoms with Crippen LogP contribution in [0.1, 0.15) is 16.1 Å². The average molecular weight is 357 g/mol. The maximum atomic E-state index is 12.8. The summed E-state index contributed by atoms with van der Waals surface area (Å²) in [7, 11) is 1.62. The summed E-state index contributed by atoms with van der Waals surface area (Å²) in [4.78, 5) is 17.4. The highest BCUT2D eigenvalue weighted by atomic mass is 16.5. The Balaban J connectivity index is 1.63. The monoisotopic (exact) mass is 357 g/mol. The van der Waals surface area contributed by atoms with Gasteiger partial charge in [0.15, 0.2) is 0 Å². The molecule has 0 unspecified atom stereocenters. The summed E-state index contributed by atoms with van der Waals surface area (Å²) < 4.78 is 7.23. The molecule has 0 spiro atoms. The van der Waals surface area contributed by atoms with Crippen molar-refractivity contribution in [1.29, 1.82) is 0 Å². The van der Waals surface area contributed by atoms with Gasteiger partial charge in [-0.05, 0) is 55.5 Å². The van der Waals surface area contributed by atoms with E-state index in [-0.39, 0.29) is 5.91 Å². The van der Waals surface area contributed by atoms with Crippen LogP contribution < -0.4 is 10.1 Å². The largest absolute Gasteiger partial charge is 0.497 e. The first-order chi connectivity index (χ1) is 13.1. The van der Waals surface area contributed by atoms with Crippen molar-refractivity contribution in [3.63, 3.8) is 0 Å². The number of amides is 1. The van der Waals surface area contributed by atoms with E-state index in [0.717, 1.165) is 28.0 Å². The van der Waals surface area contributed by atoms with Crippen molar-refractivity contribution in [2.45, 2.75) is 6.92 Å². The second-order valence-electron chi connectivity index (χ2n) is 6.27. The number of nitrogens with zero attached hydrogens (tertiary/aromatic N) is 2. The number of pyridine rings is 1. The van der Waals surface area contributed by atoms with Crippen LogP contribution in [0.5, 0.6) is 5.75 Å². The van der Waals surface area contributed by atoms with E-state index in [0.29, 0.717) is 11.3 Å². The van der Waals surface area contributed by atoms with Gasteiger partial charge in [-0.15, -0.1) is 0 Å². The van der Waals surface area contributed by atoms with Crippen molar-refractivity contribution in [1.82, 2.24) is 9.55 Å². The SMILES string of the molecule is COc1ccc2cc(C(=O)Nc3cccc(-n4cccc4)c3)c(C)nc2c1. The van der Waals surface area contributed by atoms with Gasteiger partial charge in [-0.3, -0.25) is 9.78 Å². The second kappa shape index (κ2) is 6.96. The zero-order valence-electron chi connectivity index (χ0n) is 15.1. The minimum Gasteiger partial charge on any atom is -0.497 e. The maximum Gasteiger partial charge on any atom is 0.257 e. The van der Waals surface area contributed by atoms with Crippen molar-refractivity contribution in [3.05, 3.63) is 84.3 Å². The van der Waals surface area contributed by atoms with Crippen LogP contribution in [0, 0.1) is 6.92 Å². The van der Waals surface area contributed by atoms with E-state index < -0.39 is 0 Å². The third-order valence-corrected chi connectivity index (χ3v) is 4.47. The molecule has 27 heavy (non-hydrogen) atoms. The lowest BCUT2D eigenvalue weighted by Crippen LogP contribution is -2.14. The highest BCUT2D eigenvalue weighted by molar-refractivity contribution is 6.07. The summed E-state index contributed by atoms with van der Waals surface area (Å²) in [6.07, 6.45) is 3.93. The number of methoxy groups -OCH3 is 1. The summed E-state index contributed by atoms with van der Waals surface area (Å²) in [6.45, 7) is 1.84. The number of hydrogen-bond donors (Lipinski definition) is 1. The number of ether oxygens (including phenoxy) is 1. The van der Waals surface area contributed by atoms with Gasteiger partial charge in [-0.25, -0.2) is 0 Å². The molecule has 0 atom stereocenters. The highest BCUT2D eigenvalue weighted by Gasteiger charge is 2.13. The third kappa shape index (κ3) is 3.40. The van der Waals surface area contributed by atoms with Gasteiger partial charge in [0.2, 0.25) is 0 Å². The second-order valence-corrected chi connectivity index (χ2v) is 6.27. The molecule has 0 aliphatic carbocycles. The lowest BCUT2D eigenvalue weighted by atomic mass is 10.1. The number of benzene rings is 2. The molecule has 2 heterocycles. The highest BCUT2D eigenvalue weighted by Crippen LogP contribution is 2.23. The quantitative estimate of drug-likeness (QED) is 0.581. The van der Waals surface area contributed by atoms with Crippen LogP contribution in [0.25, 0.3) is 16.6 Å². The molecule has 0 saturated carbocycles. The third-order valence-electron chi connectivity index (χ3n) is 4.47. The molecule has 5 nitrogen and oxygen atoms in total. The zero-order chi connectivity index (χ0) is 18.8. The Morgan fingerprint density at radius 3 is 2.63 bits per heavy atom. The summed E-state index contributed by atoms with van der Waals surface area (Å²) >= 11 is 0. The number of aryl methyl sites for hydroxylation is 1. The van der Waals surface area contributed by atoms with Crippen LogP contribution >= 0.6 is 0 Å². The van der Waals surface area contributed by atoms with E-state index >= 15 is 0 Å². The molecule has 1 N–H and O–H groups in total. The first-order valence-corrected chi connectivity index (χ1v) is 8.64. The Labute approximate surface area is 157 Å². The van der Waals surface area contributed by atoms with Crippen molar-refractivity contribution in [2.75, 3.05) is 12.4 Å². The van der Waals surface area contributed by atoms with Crippen LogP contribution in [0.3, 0.4) is 0 Å². The summed E-state index contributed by atoms with van der Waals surface area (Å²) in [6, 6.07) is 19.1. The molecule has 2 aromatic carbocycles. The summed E-state index contributed by atoms with van der Waals surface area (Å²) in [5.74, 6) is 0.566. The molecule has 4 rings (SSSR count). The lowest BCUT2D eigenvalue weighted by Gasteiger charge is -2.11. The molecule has 0 aliphatic rings. The average Bonchev–Trinajstić information content (AvgIpc) is 3.22. The minimum atomic E-state index is -0.178. The number of nitrogens with one attached hydrogen (secondary N) is 1. The zero-order valence-corrected chi connectivity index (χ0v) is 15.1. The van der Waals surface area contributed by atoms with Crippen LogP contribution in [-0.4, -0.2) is 22.6 Å². The molecular formula is C22H19N3O2. The number of rotatable bonds is 4. The molecular weight excluding hydrogens is 338 g/mol. The molecule has 134 valence electrons. The van der Waals surface area contributed by atoms with Crippen LogP contribution in [0.15, 0.2) is 73.1 Å². The first kappa shape index (κ1) is 16.8. The Bertz CT molecular complexity index is 1120. The van der Waals surface area contributed by atoms with Crippen molar-refractivity contribution < 1.29 is 9.53 Å².